The third-order valence-electron chi connectivity index (χ3n) is 10.4. The van der Waals surface area contributed by atoms with Crippen molar-refractivity contribution in [3.8, 4) is 33.6 Å². The van der Waals surface area contributed by atoms with E-state index < -0.39 is 18.2 Å². The highest BCUT2D eigenvalue weighted by atomic mass is 16.5. The number of aromatic amines is 2. The van der Waals surface area contributed by atoms with Crippen LogP contribution in [0.15, 0.2) is 60.9 Å². The van der Waals surface area contributed by atoms with Crippen LogP contribution in [0, 0.1) is 11.8 Å². The van der Waals surface area contributed by atoms with Crippen LogP contribution in [0.5, 0.6) is 0 Å². The van der Waals surface area contributed by atoms with Crippen molar-refractivity contribution in [3.05, 3.63) is 72.6 Å². The molecule has 0 radical (unpaired) electrons. The standard InChI is InChI=1S/C40H50N8O6/c1-24(2)35(46-40(52)54-5)38(50)48-17-6-7-33(48)37-42-22-32(45-37)29-14-10-27(11-15-29)26-8-12-28(13-9-26)31-21-41-36(44-31)30-16-18-47(23-30)34(49)19-25(3)20-43-39(51)53-4/h8-15,21-22,24-25,30,33,35H,6-7,16-20,23H2,1-5H3,(H,41,44)(H,42,45)(H,43,51)(H,46,52). The lowest BCUT2D eigenvalue weighted by Crippen LogP contribution is -2.51. The van der Waals surface area contributed by atoms with Gasteiger partial charge in [0.1, 0.15) is 17.7 Å². The molecule has 4 N–H and O–H groups in total. The molecule has 0 aliphatic carbocycles. The summed E-state index contributed by atoms with van der Waals surface area (Å²) in [4.78, 5) is 69.6. The predicted octanol–water partition coefficient (Wildman–Crippen LogP) is 5.88. The molecule has 2 aromatic carbocycles. The summed E-state index contributed by atoms with van der Waals surface area (Å²) in [5.74, 6) is 1.60. The minimum Gasteiger partial charge on any atom is -0.453 e. The number of carbonyl (C=O) groups is 4. The maximum Gasteiger partial charge on any atom is 0.407 e. The van der Waals surface area contributed by atoms with Crippen LogP contribution >= 0.6 is 0 Å². The first-order chi connectivity index (χ1) is 26.0. The van der Waals surface area contributed by atoms with Crippen molar-refractivity contribution in [1.82, 2.24) is 40.4 Å². The Balaban J connectivity index is 1.04. The Morgan fingerprint density at radius 1 is 0.796 bits per heavy atom. The second kappa shape index (κ2) is 17.0. The van der Waals surface area contributed by atoms with Crippen LogP contribution in [0.25, 0.3) is 33.6 Å². The number of methoxy groups -OCH3 is 2. The van der Waals surface area contributed by atoms with Gasteiger partial charge < -0.3 is 39.9 Å². The SMILES string of the molecule is COC(=O)NCC(C)CC(=O)N1CCC(c2ncc(-c3ccc(-c4ccc(-c5cnc(C6CCCN6C(=O)C(NC(=O)OC)C(C)C)[nH]5)cc4)cc3)[nH]2)C1. The van der Waals surface area contributed by atoms with E-state index in [9.17, 15) is 19.2 Å². The monoisotopic (exact) mass is 738 g/mol. The number of hydrogen-bond donors (Lipinski definition) is 4. The Bertz CT molecular complexity index is 1920. The molecule has 2 aromatic heterocycles. The van der Waals surface area contributed by atoms with Crippen LogP contribution in [0.3, 0.4) is 0 Å². The average Bonchev–Trinajstić information content (AvgIpc) is 4.02. The zero-order valence-corrected chi connectivity index (χ0v) is 31.6. The van der Waals surface area contributed by atoms with Crippen molar-refractivity contribution in [2.24, 2.45) is 11.8 Å². The van der Waals surface area contributed by atoms with Gasteiger partial charge in [0, 0.05) is 38.5 Å². The number of hydrogen-bond acceptors (Lipinski definition) is 8. The molecule has 286 valence electrons. The van der Waals surface area contributed by atoms with Crippen molar-refractivity contribution in [2.75, 3.05) is 40.4 Å². The number of rotatable bonds is 12. The molecule has 2 aliphatic heterocycles. The minimum atomic E-state index is -0.682. The lowest BCUT2D eigenvalue weighted by molar-refractivity contribution is -0.135. The lowest BCUT2D eigenvalue weighted by Gasteiger charge is -2.30. The number of nitrogens with zero attached hydrogens (tertiary/aromatic N) is 4. The van der Waals surface area contributed by atoms with E-state index in [1.165, 1.54) is 14.2 Å². The fourth-order valence-corrected chi connectivity index (χ4v) is 7.26. The first-order valence-corrected chi connectivity index (χ1v) is 18.6. The van der Waals surface area contributed by atoms with E-state index in [0.29, 0.717) is 32.6 Å². The fraction of sp³-hybridized carbons (Fsp3) is 0.450. The summed E-state index contributed by atoms with van der Waals surface area (Å²) in [6.45, 7) is 8.03. The van der Waals surface area contributed by atoms with Crippen molar-refractivity contribution < 1.29 is 28.7 Å². The van der Waals surface area contributed by atoms with Crippen LogP contribution in [0.1, 0.15) is 70.1 Å². The van der Waals surface area contributed by atoms with Gasteiger partial charge in [-0.2, -0.15) is 0 Å². The summed E-state index contributed by atoms with van der Waals surface area (Å²) in [6, 6.07) is 15.7. The number of H-pyrrole nitrogens is 2. The Kier molecular flexibility index (Phi) is 12.0. The van der Waals surface area contributed by atoms with Gasteiger partial charge in [0.25, 0.3) is 0 Å². The van der Waals surface area contributed by atoms with Crippen molar-refractivity contribution >= 4 is 24.0 Å². The summed E-state index contributed by atoms with van der Waals surface area (Å²) < 4.78 is 9.36. The molecule has 0 saturated carbocycles. The molecule has 54 heavy (non-hydrogen) atoms. The lowest BCUT2D eigenvalue weighted by atomic mass is 10.0. The third-order valence-corrected chi connectivity index (χ3v) is 10.4. The molecular weight excluding hydrogens is 688 g/mol. The van der Waals surface area contributed by atoms with Crippen LogP contribution in [0.2, 0.25) is 0 Å². The highest BCUT2D eigenvalue weighted by Gasteiger charge is 2.37. The Morgan fingerprint density at radius 2 is 1.37 bits per heavy atom. The molecule has 2 saturated heterocycles. The van der Waals surface area contributed by atoms with E-state index in [-0.39, 0.29) is 35.6 Å². The van der Waals surface area contributed by atoms with Crippen LogP contribution in [-0.2, 0) is 19.1 Å². The maximum absolute atomic E-state index is 13.5. The van der Waals surface area contributed by atoms with E-state index in [4.69, 9.17) is 4.74 Å². The number of imidazole rings is 2. The number of aromatic nitrogens is 4. The van der Waals surface area contributed by atoms with Gasteiger partial charge in [0.05, 0.1) is 44.0 Å². The number of benzene rings is 2. The van der Waals surface area contributed by atoms with Crippen LogP contribution in [-0.4, -0.2) is 100 Å². The molecule has 4 aromatic rings. The van der Waals surface area contributed by atoms with Gasteiger partial charge in [-0.05, 0) is 53.4 Å². The number of likely N-dealkylation sites (tertiary alicyclic amines) is 2. The first-order valence-electron chi connectivity index (χ1n) is 18.6. The maximum atomic E-state index is 13.5. The molecule has 0 spiro atoms. The minimum absolute atomic E-state index is 0.00734. The Hall–Kier alpha value is -5.66. The van der Waals surface area contributed by atoms with Gasteiger partial charge >= 0.3 is 12.2 Å². The van der Waals surface area contributed by atoms with Crippen molar-refractivity contribution in [2.45, 2.75) is 64.5 Å². The van der Waals surface area contributed by atoms with Gasteiger partial charge in [-0.3, -0.25) is 9.59 Å². The molecule has 4 amide bonds. The second-order valence-electron chi connectivity index (χ2n) is 14.6. The smallest absolute Gasteiger partial charge is 0.407 e. The average molecular weight is 739 g/mol. The first kappa shape index (κ1) is 38.1. The summed E-state index contributed by atoms with van der Waals surface area (Å²) in [6.07, 6.45) is 5.39. The van der Waals surface area contributed by atoms with Gasteiger partial charge in [0.2, 0.25) is 11.8 Å². The third kappa shape index (κ3) is 8.75. The quantitative estimate of drug-likeness (QED) is 0.140. The molecule has 6 rings (SSSR count). The summed E-state index contributed by atoms with van der Waals surface area (Å²) in [7, 11) is 2.61. The van der Waals surface area contributed by atoms with Crippen LogP contribution < -0.4 is 10.6 Å². The van der Waals surface area contributed by atoms with Crippen LogP contribution in [0.4, 0.5) is 9.59 Å². The molecule has 4 heterocycles. The number of nitrogens with one attached hydrogen (secondary N) is 4. The van der Waals surface area contributed by atoms with Gasteiger partial charge in [-0.1, -0.05) is 69.3 Å². The molecule has 14 heteroatoms. The molecule has 4 unspecified atom stereocenters. The van der Waals surface area contributed by atoms with E-state index in [1.807, 2.05) is 36.8 Å². The van der Waals surface area contributed by atoms with E-state index in [2.05, 4.69) is 83.8 Å². The zero-order valence-electron chi connectivity index (χ0n) is 31.6. The van der Waals surface area contributed by atoms with E-state index in [0.717, 1.165) is 64.6 Å². The second-order valence-corrected chi connectivity index (χ2v) is 14.6. The highest BCUT2D eigenvalue weighted by Crippen LogP contribution is 2.34. The number of ether oxygens (including phenoxy) is 2. The Morgan fingerprint density at radius 3 is 1.96 bits per heavy atom. The van der Waals surface area contributed by atoms with E-state index in [1.54, 1.807) is 6.20 Å². The fourth-order valence-electron chi connectivity index (χ4n) is 7.26. The van der Waals surface area contributed by atoms with Crippen molar-refractivity contribution in [3.63, 3.8) is 0 Å². The summed E-state index contributed by atoms with van der Waals surface area (Å²) >= 11 is 0. The molecule has 14 nitrogen and oxygen atoms in total. The topological polar surface area (TPSA) is 175 Å². The molecule has 2 aliphatic rings. The zero-order chi connectivity index (χ0) is 38.4. The largest absolute Gasteiger partial charge is 0.453 e. The number of amides is 4. The van der Waals surface area contributed by atoms with Gasteiger partial charge in [0.15, 0.2) is 0 Å². The normalized spacial score (nSPS) is 18.0. The van der Waals surface area contributed by atoms with E-state index >= 15 is 0 Å². The number of carbonyl (C=O) groups excluding carboxylic acids is 4. The predicted molar refractivity (Wildman–Crippen MR) is 203 cm³/mol. The summed E-state index contributed by atoms with van der Waals surface area (Å²) in [5, 5.41) is 5.35. The van der Waals surface area contributed by atoms with Crippen molar-refractivity contribution in [1.29, 1.82) is 0 Å². The van der Waals surface area contributed by atoms with Gasteiger partial charge in [-0.15, -0.1) is 0 Å². The summed E-state index contributed by atoms with van der Waals surface area (Å²) in [5.41, 5.74) is 5.96. The molecule has 0 bridgehead atoms. The highest BCUT2D eigenvalue weighted by molar-refractivity contribution is 5.86. The molecular formula is C40H50N8O6. The molecule has 4 atom stereocenters. The number of alkyl carbamates (subject to hydrolysis) is 2. The van der Waals surface area contributed by atoms with Gasteiger partial charge in [-0.25, -0.2) is 19.6 Å². The Labute approximate surface area is 315 Å². The molecule has 2 fully saturated rings.